The second kappa shape index (κ2) is 8.61. The first-order valence-electron chi connectivity index (χ1n) is 11.9. The van der Waals surface area contributed by atoms with Gasteiger partial charge in [0.1, 0.15) is 17.6 Å². The number of halogens is 1. The first-order chi connectivity index (χ1) is 15.8. The van der Waals surface area contributed by atoms with E-state index in [0.717, 1.165) is 68.6 Å². The summed E-state index contributed by atoms with van der Waals surface area (Å²) >= 11 is 0. The van der Waals surface area contributed by atoms with Crippen molar-refractivity contribution in [3.63, 3.8) is 0 Å². The summed E-state index contributed by atoms with van der Waals surface area (Å²) in [7, 11) is 2.14. The Morgan fingerprint density at radius 3 is 2.67 bits per heavy atom. The average Bonchev–Trinajstić information content (AvgIpc) is 3.34. The lowest BCUT2D eigenvalue weighted by atomic mass is 10.1. The van der Waals surface area contributed by atoms with Gasteiger partial charge < -0.3 is 24.8 Å². The van der Waals surface area contributed by atoms with Crippen molar-refractivity contribution in [2.75, 3.05) is 50.5 Å². The van der Waals surface area contributed by atoms with Crippen molar-refractivity contribution < 1.29 is 9.13 Å². The third-order valence-electron chi connectivity index (χ3n) is 6.59. The van der Waals surface area contributed by atoms with Crippen LogP contribution in [0.15, 0.2) is 24.7 Å². The Bertz CT molecular complexity index is 1120. The molecule has 0 spiro atoms. The number of fused-ring (bicyclic) bond motifs is 1. The third kappa shape index (κ3) is 4.56. The van der Waals surface area contributed by atoms with Gasteiger partial charge in [-0.2, -0.15) is 5.10 Å². The number of aromatic nitrogens is 4. The molecular weight excluding hydrogens is 421 g/mol. The summed E-state index contributed by atoms with van der Waals surface area (Å²) in [6.07, 6.45) is 8.82. The number of nitrogen functional groups attached to an aromatic ring is 1. The van der Waals surface area contributed by atoms with Gasteiger partial charge in [0.05, 0.1) is 35.3 Å². The van der Waals surface area contributed by atoms with Crippen LogP contribution < -0.4 is 10.6 Å². The minimum Gasteiger partial charge on any atom is -0.396 e. The quantitative estimate of drug-likeness (QED) is 0.632. The van der Waals surface area contributed by atoms with Crippen molar-refractivity contribution in [3.8, 4) is 11.4 Å². The number of piperazine rings is 1. The smallest absolute Gasteiger partial charge is 0.150 e. The summed E-state index contributed by atoms with van der Waals surface area (Å²) < 4.78 is 24.4. The van der Waals surface area contributed by atoms with E-state index in [2.05, 4.69) is 23.0 Å². The molecule has 5 heterocycles. The fourth-order valence-electron chi connectivity index (χ4n) is 4.82. The molecular formula is C24H34FN7O. The molecule has 2 aliphatic heterocycles. The molecule has 0 radical (unpaired) electrons. The molecule has 1 atom stereocenters. The van der Waals surface area contributed by atoms with Gasteiger partial charge >= 0.3 is 0 Å². The van der Waals surface area contributed by atoms with Crippen molar-refractivity contribution in [1.82, 2.24) is 24.2 Å². The lowest BCUT2D eigenvalue weighted by Gasteiger charge is -2.33. The van der Waals surface area contributed by atoms with Gasteiger partial charge in [-0.25, -0.2) is 9.07 Å². The molecule has 1 unspecified atom stereocenters. The second-order valence-electron chi connectivity index (χ2n) is 9.97. The van der Waals surface area contributed by atoms with Crippen LogP contribution in [0.3, 0.4) is 0 Å². The van der Waals surface area contributed by atoms with Crippen molar-refractivity contribution in [1.29, 1.82) is 0 Å². The molecule has 2 fully saturated rings. The third-order valence-corrected chi connectivity index (χ3v) is 6.59. The van der Waals surface area contributed by atoms with Crippen molar-refractivity contribution in [3.05, 3.63) is 24.7 Å². The molecule has 0 saturated carbocycles. The molecule has 2 saturated heterocycles. The lowest BCUT2D eigenvalue weighted by molar-refractivity contribution is -0.0393. The Balaban J connectivity index is 1.54. The molecule has 2 aliphatic rings. The number of pyridine rings is 1. The maximum absolute atomic E-state index is 14.7. The highest BCUT2D eigenvalue weighted by atomic mass is 19.1. The molecule has 0 amide bonds. The van der Waals surface area contributed by atoms with Crippen LogP contribution in [0.5, 0.6) is 0 Å². The van der Waals surface area contributed by atoms with E-state index in [-0.39, 0.29) is 12.8 Å². The maximum Gasteiger partial charge on any atom is 0.150 e. The molecule has 178 valence electrons. The van der Waals surface area contributed by atoms with Crippen LogP contribution in [-0.2, 0) is 11.3 Å². The molecule has 3 aromatic rings. The highest BCUT2D eigenvalue weighted by Crippen LogP contribution is 2.35. The summed E-state index contributed by atoms with van der Waals surface area (Å²) in [5.41, 5.74) is 8.95. The summed E-state index contributed by atoms with van der Waals surface area (Å²) in [6.45, 7) is 8.12. The molecule has 3 aromatic heterocycles. The van der Waals surface area contributed by atoms with E-state index in [1.54, 1.807) is 13.8 Å². The van der Waals surface area contributed by atoms with E-state index in [1.807, 2.05) is 27.7 Å². The molecule has 2 N–H and O–H groups in total. The van der Waals surface area contributed by atoms with E-state index in [4.69, 9.17) is 20.6 Å². The fraction of sp³-hybridized carbons (Fsp3) is 0.583. The van der Waals surface area contributed by atoms with E-state index >= 15 is 0 Å². The zero-order chi connectivity index (χ0) is 23.2. The number of nitrogens with zero attached hydrogens (tertiary/aromatic N) is 6. The van der Waals surface area contributed by atoms with Gasteiger partial charge in [0, 0.05) is 50.6 Å². The number of likely N-dealkylation sites (N-methyl/N-ethyl adjacent to an activating group) is 1. The number of hydrogen-bond donors (Lipinski definition) is 1. The molecule has 33 heavy (non-hydrogen) atoms. The van der Waals surface area contributed by atoms with Crippen LogP contribution in [0.2, 0.25) is 0 Å². The average molecular weight is 456 g/mol. The van der Waals surface area contributed by atoms with Crippen LogP contribution in [0.4, 0.5) is 15.8 Å². The fourth-order valence-corrected chi connectivity index (χ4v) is 4.82. The van der Waals surface area contributed by atoms with Crippen LogP contribution in [-0.4, -0.2) is 69.7 Å². The number of hydrogen-bond acceptors (Lipinski definition) is 6. The molecule has 8 nitrogen and oxygen atoms in total. The largest absolute Gasteiger partial charge is 0.396 e. The number of anilines is 2. The summed E-state index contributed by atoms with van der Waals surface area (Å²) in [6, 6.07) is 1.99. The Morgan fingerprint density at radius 1 is 1.18 bits per heavy atom. The normalized spacial score (nSPS) is 20.6. The maximum atomic E-state index is 14.7. The van der Waals surface area contributed by atoms with Gasteiger partial charge in [-0.15, -0.1) is 0 Å². The minimum absolute atomic E-state index is 0.0847. The Kier molecular flexibility index (Phi) is 5.78. The van der Waals surface area contributed by atoms with E-state index < -0.39 is 5.67 Å². The van der Waals surface area contributed by atoms with Crippen LogP contribution in [0.25, 0.3) is 22.3 Å². The van der Waals surface area contributed by atoms with Crippen molar-refractivity contribution in [2.45, 2.75) is 51.6 Å². The molecule has 0 aliphatic carbocycles. The topological polar surface area (TPSA) is 77.4 Å². The Hall–Kier alpha value is -2.65. The summed E-state index contributed by atoms with van der Waals surface area (Å²) in [4.78, 5) is 9.43. The molecule has 9 heteroatoms. The van der Waals surface area contributed by atoms with Crippen LogP contribution in [0, 0.1) is 0 Å². The van der Waals surface area contributed by atoms with Gasteiger partial charge in [0.25, 0.3) is 0 Å². The van der Waals surface area contributed by atoms with Crippen LogP contribution >= 0.6 is 0 Å². The highest BCUT2D eigenvalue weighted by Gasteiger charge is 2.25. The van der Waals surface area contributed by atoms with Gasteiger partial charge in [-0.1, -0.05) is 0 Å². The number of ether oxygens (including phenoxy) is 1. The zero-order valence-corrected chi connectivity index (χ0v) is 19.8. The van der Waals surface area contributed by atoms with Crippen molar-refractivity contribution in [2.24, 2.45) is 0 Å². The standard InChI is InChI=1S/C24H34FN7O/c1-24(2,25)16-31-15-21(30-9-7-29(3)8-10-30)17-13-27-19(12-20(17)31)23-18(26)14-32(28-23)22-6-4-5-11-33-22/h12-15,22H,4-11,16,26H2,1-3H3. The first-order valence-corrected chi connectivity index (χ1v) is 11.9. The number of rotatable bonds is 5. The number of nitrogens with two attached hydrogens (primary N) is 1. The predicted molar refractivity (Wildman–Crippen MR) is 129 cm³/mol. The van der Waals surface area contributed by atoms with E-state index in [1.165, 1.54) is 0 Å². The lowest BCUT2D eigenvalue weighted by Crippen LogP contribution is -2.44. The van der Waals surface area contributed by atoms with Gasteiger partial charge in [-0.05, 0) is 46.2 Å². The zero-order valence-electron chi connectivity index (χ0n) is 19.8. The van der Waals surface area contributed by atoms with Gasteiger partial charge in [-0.3, -0.25) is 4.98 Å². The number of alkyl halides is 1. The first kappa shape index (κ1) is 22.2. The van der Waals surface area contributed by atoms with Crippen molar-refractivity contribution >= 4 is 22.3 Å². The summed E-state index contributed by atoms with van der Waals surface area (Å²) in [5, 5.41) is 5.75. The minimum atomic E-state index is -1.34. The molecule has 0 aromatic carbocycles. The molecule has 5 rings (SSSR count). The second-order valence-corrected chi connectivity index (χ2v) is 9.97. The predicted octanol–water partition coefficient (Wildman–Crippen LogP) is 3.68. The van der Waals surface area contributed by atoms with Gasteiger partial charge in [0.15, 0.2) is 0 Å². The van der Waals surface area contributed by atoms with E-state index in [0.29, 0.717) is 17.1 Å². The monoisotopic (exact) mass is 455 g/mol. The van der Waals surface area contributed by atoms with E-state index in [9.17, 15) is 4.39 Å². The SMILES string of the molecule is CN1CCN(c2cn(CC(C)(C)F)c3cc(-c4nn(C5CCCCO5)cc4N)ncc23)CC1. The highest BCUT2D eigenvalue weighted by molar-refractivity contribution is 5.95. The molecule has 0 bridgehead atoms. The Morgan fingerprint density at radius 2 is 1.97 bits per heavy atom. The summed E-state index contributed by atoms with van der Waals surface area (Å²) in [5.74, 6) is 0. The van der Waals surface area contributed by atoms with Crippen LogP contribution in [0.1, 0.15) is 39.3 Å². The Labute approximate surface area is 194 Å². The van der Waals surface area contributed by atoms with Gasteiger partial charge in [0.2, 0.25) is 0 Å².